The molecule has 0 bridgehead atoms. The average molecular weight is 204 g/mol. The van der Waals surface area contributed by atoms with Crippen LogP contribution in [-0.2, 0) is 9.59 Å². The predicted octanol–water partition coefficient (Wildman–Crippen LogP) is -1.50. The second-order valence-electron chi connectivity index (χ2n) is 3.36. The first-order chi connectivity index (χ1) is 6.34. The molecule has 6 nitrogen and oxygen atoms in total. The van der Waals surface area contributed by atoms with E-state index in [-0.39, 0.29) is 6.54 Å². The standard InChI is InChI=1S/C8H16N2O4/c1-5(11)7(8(13)14)9-6(12)4-10(2)3/h5,7,11H,4H2,1-3H3,(H,9,12)(H,13,14). The normalized spacial score (nSPS) is 14.9. The van der Waals surface area contributed by atoms with Crippen molar-refractivity contribution in [3.63, 3.8) is 0 Å². The van der Waals surface area contributed by atoms with Gasteiger partial charge in [-0.25, -0.2) is 4.79 Å². The summed E-state index contributed by atoms with van der Waals surface area (Å²) in [5.41, 5.74) is 0. The molecule has 0 aliphatic heterocycles. The second kappa shape index (κ2) is 5.56. The van der Waals surface area contributed by atoms with E-state index in [4.69, 9.17) is 10.2 Å². The second-order valence-corrected chi connectivity index (χ2v) is 3.36. The van der Waals surface area contributed by atoms with E-state index in [0.717, 1.165) is 0 Å². The van der Waals surface area contributed by atoms with Crippen molar-refractivity contribution in [3.8, 4) is 0 Å². The molecule has 14 heavy (non-hydrogen) atoms. The Bertz CT molecular complexity index is 215. The van der Waals surface area contributed by atoms with Crippen LogP contribution in [0.15, 0.2) is 0 Å². The Morgan fingerprint density at radius 3 is 2.21 bits per heavy atom. The Kier molecular flexibility index (Phi) is 5.11. The fourth-order valence-corrected chi connectivity index (χ4v) is 0.895. The number of nitrogens with one attached hydrogen (secondary N) is 1. The van der Waals surface area contributed by atoms with Crippen molar-refractivity contribution < 1.29 is 19.8 Å². The molecule has 1 amide bonds. The van der Waals surface area contributed by atoms with Crippen LogP contribution in [0, 0.1) is 0 Å². The molecule has 2 unspecified atom stereocenters. The monoisotopic (exact) mass is 204 g/mol. The van der Waals surface area contributed by atoms with Gasteiger partial charge in [0.1, 0.15) is 0 Å². The fraction of sp³-hybridized carbons (Fsp3) is 0.750. The van der Waals surface area contributed by atoms with Crippen molar-refractivity contribution >= 4 is 11.9 Å². The Morgan fingerprint density at radius 1 is 1.43 bits per heavy atom. The molecule has 0 aromatic carbocycles. The van der Waals surface area contributed by atoms with Gasteiger partial charge in [-0.05, 0) is 21.0 Å². The molecule has 0 saturated carbocycles. The van der Waals surface area contributed by atoms with Crippen molar-refractivity contribution in [3.05, 3.63) is 0 Å². The van der Waals surface area contributed by atoms with E-state index in [1.807, 2.05) is 0 Å². The number of aliphatic carboxylic acids is 1. The summed E-state index contributed by atoms with van der Waals surface area (Å²) < 4.78 is 0. The smallest absolute Gasteiger partial charge is 0.328 e. The molecule has 2 atom stereocenters. The average Bonchev–Trinajstić information content (AvgIpc) is 1.97. The summed E-state index contributed by atoms with van der Waals surface area (Å²) in [5, 5.41) is 19.9. The van der Waals surface area contributed by atoms with E-state index >= 15 is 0 Å². The molecule has 0 heterocycles. The van der Waals surface area contributed by atoms with Crippen molar-refractivity contribution in [1.29, 1.82) is 0 Å². The van der Waals surface area contributed by atoms with Crippen LogP contribution >= 0.6 is 0 Å². The van der Waals surface area contributed by atoms with E-state index in [1.54, 1.807) is 19.0 Å². The fourth-order valence-electron chi connectivity index (χ4n) is 0.895. The maximum Gasteiger partial charge on any atom is 0.328 e. The number of rotatable bonds is 5. The first-order valence-corrected chi connectivity index (χ1v) is 4.19. The Balaban J connectivity index is 4.17. The number of hydrogen-bond acceptors (Lipinski definition) is 4. The topological polar surface area (TPSA) is 89.9 Å². The molecule has 0 spiro atoms. The van der Waals surface area contributed by atoms with Crippen LogP contribution in [0.25, 0.3) is 0 Å². The summed E-state index contributed by atoms with van der Waals surface area (Å²) in [5.74, 6) is -1.67. The number of amides is 1. The van der Waals surface area contributed by atoms with Crippen LogP contribution in [0.2, 0.25) is 0 Å². The number of likely N-dealkylation sites (N-methyl/N-ethyl adjacent to an activating group) is 1. The summed E-state index contributed by atoms with van der Waals surface area (Å²) in [6.07, 6.45) is -1.11. The summed E-state index contributed by atoms with van der Waals surface area (Å²) in [6.45, 7) is 1.41. The summed E-state index contributed by atoms with van der Waals surface area (Å²) in [4.78, 5) is 23.3. The van der Waals surface area contributed by atoms with Crippen LogP contribution in [-0.4, -0.2) is 59.8 Å². The lowest BCUT2D eigenvalue weighted by atomic mass is 10.2. The van der Waals surface area contributed by atoms with Crippen molar-refractivity contribution in [2.45, 2.75) is 19.1 Å². The maximum absolute atomic E-state index is 11.1. The van der Waals surface area contributed by atoms with Gasteiger partial charge in [0.15, 0.2) is 6.04 Å². The zero-order valence-corrected chi connectivity index (χ0v) is 8.52. The zero-order valence-electron chi connectivity index (χ0n) is 8.52. The number of aliphatic hydroxyl groups is 1. The zero-order chi connectivity index (χ0) is 11.3. The van der Waals surface area contributed by atoms with Gasteiger partial charge in [0.25, 0.3) is 0 Å². The van der Waals surface area contributed by atoms with Gasteiger partial charge < -0.3 is 20.4 Å². The quantitative estimate of drug-likeness (QED) is 0.507. The summed E-state index contributed by atoms with van der Waals surface area (Å²) in [6, 6.07) is -1.25. The molecule has 0 aliphatic carbocycles. The lowest BCUT2D eigenvalue weighted by Crippen LogP contribution is -2.49. The third kappa shape index (κ3) is 4.78. The molecular weight excluding hydrogens is 188 g/mol. The molecule has 0 aromatic heterocycles. The molecule has 0 saturated heterocycles. The molecule has 82 valence electrons. The Morgan fingerprint density at radius 2 is 1.93 bits per heavy atom. The Hall–Kier alpha value is -1.14. The van der Waals surface area contributed by atoms with Gasteiger partial charge in [-0.2, -0.15) is 0 Å². The number of carboxylic acid groups (broad SMARTS) is 1. The van der Waals surface area contributed by atoms with Crippen LogP contribution in [0.5, 0.6) is 0 Å². The minimum absolute atomic E-state index is 0.0938. The van der Waals surface area contributed by atoms with Gasteiger partial charge in [-0.15, -0.1) is 0 Å². The van der Waals surface area contributed by atoms with Crippen molar-refractivity contribution in [2.75, 3.05) is 20.6 Å². The summed E-state index contributed by atoms with van der Waals surface area (Å²) in [7, 11) is 3.38. The van der Waals surface area contributed by atoms with E-state index in [1.165, 1.54) is 6.92 Å². The largest absolute Gasteiger partial charge is 0.480 e. The van der Waals surface area contributed by atoms with Gasteiger partial charge in [0.2, 0.25) is 5.91 Å². The maximum atomic E-state index is 11.1. The van der Waals surface area contributed by atoms with E-state index in [9.17, 15) is 9.59 Å². The highest BCUT2D eigenvalue weighted by molar-refractivity contribution is 5.84. The SMILES string of the molecule is CC(O)C(NC(=O)CN(C)C)C(=O)O. The minimum Gasteiger partial charge on any atom is -0.480 e. The first-order valence-electron chi connectivity index (χ1n) is 4.19. The van der Waals surface area contributed by atoms with Crippen LogP contribution in [0.4, 0.5) is 0 Å². The number of carboxylic acids is 1. The number of carbonyl (C=O) groups is 2. The molecule has 6 heteroatoms. The van der Waals surface area contributed by atoms with Gasteiger partial charge in [-0.3, -0.25) is 4.79 Å². The van der Waals surface area contributed by atoms with Crippen LogP contribution in [0.3, 0.4) is 0 Å². The van der Waals surface area contributed by atoms with Crippen LogP contribution in [0.1, 0.15) is 6.92 Å². The molecule has 0 aromatic rings. The molecular formula is C8H16N2O4. The third-order valence-electron chi connectivity index (χ3n) is 1.52. The highest BCUT2D eigenvalue weighted by Crippen LogP contribution is 1.93. The molecule has 0 rings (SSSR count). The molecule has 0 aliphatic rings. The van der Waals surface area contributed by atoms with E-state index in [0.29, 0.717) is 0 Å². The van der Waals surface area contributed by atoms with Crippen LogP contribution < -0.4 is 5.32 Å². The van der Waals surface area contributed by atoms with Crippen molar-refractivity contribution in [1.82, 2.24) is 10.2 Å². The predicted molar refractivity (Wildman–Crippen MR) is 49.8 cm³/mol. The summed E-state index contributed by atoms with van der Waals surface area (Å²) >= 11 is 0. The van der Waals surface area contributed by atoms with Gasteiger partial charge >= 0.3 is 5.97 Å². The van der Waals surface area contributed by atoms with Gasteiger partial charge in [0.05, 0.1) is 12.6 Å². The molecule has 3 N–H and O–H groups in total. The van der Waals surface area contributed by atoms with Crippen molar-refractivity contribution in [2.24, 2.45) is 0 Å². The number of hydrogen-bond donors (Lipinski definition) is 3. The minimum atomic E-state index is -1.25. The molecule has 0 radical (unpaired) electrons. The van der Waals surface area contributed by atoms with E-state index < -0.39 is 24.0 Å². The lowest BCUT2D eigenvalue weighted by molar-refractivity contribution is -0.144. The molecule has 0 fully saturated rings. The number of carbonyl (C=O) groups excluding carboxylic acids is 1. The van der Waals surface area contributed by atoms with Gasteiger partial charge in [-0.1, -0.05) is 0 Å². The highest BCUT2D eigenvalue weighted by atomic mass is 16.4. The number of aliphatic hydroxyl groups excluding tert-OH is 1. The number of nitrogens with zero attached hydrogens (tertiary/aromatic N) is 1. The first kappa shape index (κ1) is 12.9. The highest BCUT2D eigenvalue weighted by Gasteiger charge is 2.24. The van der Waals surface area contributed by atoms with Gasteiger partial charge in [0, 0.05) is 0 Å². The third-order valence-corrected chi connectivity index (χ3v) is 1.52. The lowest BCUT2D eigenvalue weighted by Gasteiger charge is -2.18. The Labute approximate surface area is 82.5 Å². The van der Waals surface area contributed by atoms with E-state index in [2.05, 4.69) is 5.32 Å².